The average molecular weight is 216 g/mol. The summed E-state index contributed by atoms with van der Waals surface area (Å²) in [7, 11) is 0. The molecule has 0 saturated carbocycles. The third kappa shape index (κ3) is 4.44. The Morgan fingerprint density at radius 1 is 1.29 bits per heavy atom. The molecule has 0 fully saturated rings. The summed E-state index contributed by atoms with van der Waals surface area (Å²) < 4.78 is 5.40. The van der Waals surface area contributed by atoms with E-state index >= 15 is 0 Å². The number of pyridine rings is 1. The van der Waals surface area contributed by atoms with E-state index in [2.05, 4.69) is 4.98 Å². The molecule has 1 aromatic rings. The molecule has 0 aliphatic rings. The second-order valence-corrected chi connectivity index (χ2v) is 3.41. The summed E-state index contributed by atoms with van der Waals surface area (Å²) in [5.41, 5.74) is 0. The molecule has 0 spiro atoms. The Morgan fingerprint density at radius 3 is 2.86 bits per heavy atom. The number of hydrogen-bond donors (Lipinski definition) is 1. The van der Waals surface area contributed by atoms with Gasteiger partial charge in [0.15, 0.2) is 0 Å². The van der Waals surface area contributed by atoms with E-state index in [0.29, 0.717) is 17.4 Å². The SMILES string of the molecule is OCCCCCOc1cncc(Cl)c1. The quantitative estimate of drug-likeness (QED) is 0.741. The first-order valence-corrected chi connectivity index (χ1v) is 5.05. The van der Waals surface area contributed by atoms with Gasteiger partial charge in [-0.3, -0.25) is 4.98 Å². The lowest BCUT2D eigenvalue weighted by Crippen LogP contribution is -1.98. The Balaban J connectivity index is 2.18. The van der Waals surface area contributed by atoms with Gasteiger partial charge in [-0.25, -0.2) is 0 Å². The predicted octanol–water partition coefficient (Wildman–Crippen LogP) is 2.28. The van der Waals surface area contributed by atoms with Crippen molar-refractivity contribution in [2.45, 2.75) is 19.3 Å². The Morgan fingerprint density at radius 2 is 2.14 bits per heavy atom. The highest BCUT2D eigenvalue weighted by atomic mass is 35.5. The van der Waals surface area contributed by atoms with Gasteiger partial charge in [-0.15, -0.1) is 0 Å². The van der Waals surface area contributed by atoms with Gasteiger partial charge in [0.1, 0.15) is 5.75 Å². The molecule has 1 heterocycles. The molecule has 0 radical (unpaired) electrons. The van der Waals surface area contributed by atoms with Crippen LogP contribution in [0.1, 0.15) is 19.3 Å². The first kappa shape index (κ1) is 11.3. The number of aromatic nitrogens is 1. The van der Waals surface area contributed by atoms with Crippen molar-refractivity contribution in [2.24, 2.45) is 0 Å². The zero-order valence-electron chi connectivity index (χ0n) is 7.95. The van der Waals surface area contributed by atoms with Crippen LogP contribution in [0.2, 0.25) is 5.02 Å². The predicted molar refractivity (Wildman–Crippen MR) is 55.7 cm³/mol. The Kier molecular flexibility index (Phi) is 5.33. The van der Waals surface area contributed by atoms with Gasteiger partial charge in [-0.1, -0.05) is 11.6 Å². The van der Waals surface area contributed by atoms with Crippen molar-refractivity contribution in [2.75, 3.05) is 13.2 Å². The van der Waals surface area contributed by atoms with E-state index < -0.39 is 0 Å². The van der Waals surface area contributed by atoms with Crippen LogP contribution in [-0.4, -0.2) is 23.3 Å². The summed E-state index contributed by atoms with van der Waals surface area (Å²) in [6.07, 6.45) is 5.95. The molecule has 0 unspecified atom stereocenters. The van der Waals surface area contributed by atoms with Crippen molar-refractivity contribution in [3.05, 3.63) is 23.5 Å². The molecular formula is C10H14ClNO2. The highest BCUT2D eigenvalue weighted by Crippen LogP contribution is 2.15. The minimum absolute atomic E-state index is 0.249. The molecular weight excluding hydrogens is 202 g/mol. The lowest BCUT2D eigenvalue weighted by Gasteiger charge is -2.04. The van der Waals surface area contributed by atoms with Crippen LogP contribution in [0.15, 0.2) is 18.5 Å². The van der Waals surface area contributed by atoms with E-state index in [9.17, 15) is 0 Å². The summed E-state index contributed by atoms with van der Waals surface area (Å²) in [5, 5.41) is 9.13. The standard InChI is InChI=1S/C10H14ClNO2/c11-9-6-10(8-12-7-9)14-5-3-1-2-4-13/h6-8,13H,1-5H2. The molecule has 4 heteroatoms. The van der Waals surface area contributed by atoms with Crippen molar-refractivity contribution in [3.8, 4) is 5.75 Å². The molecule has 14 heavy (non-hydrogen) atoms. The molecule has 0 aliphatic carbocycles. The molecule has 1 aromatic heterocycles. The summed E-state index contributed by atoms with van der Waals surface area (Å²) in [6, 6.07) is 1.74. The number of unbranched alkanes of at least 4 members (excludes halogenated alkanes) is 2. The topological polar surface area (TPSA) is 42.4 Å². The minimum Gasteiger partial charge on any atom is -0.492 e. The van der Waals surface area contributed by atoms with Crippen molar-refractivity contribution < 1.29 is 9.84 Å². The van der Waals surface area contributed by atoms with Crippen molar-refractivity contribution in [1.29, 1.82) is 0 Å². The molecule has 0 saturated heterocycles. The van der Waals surface area contributed by atoms with Crippen LogP contribution in [0.5, 0.6) is 5.75 Å². The van der Waals surface area contributed by atoms with Crippen LogP contribution in [0, 0.1) is 0 Å². The molecule has 0 atom stereocenters. The number of aliphatic hydroxyl groups excluding tert-OH is 1. The summed E-state index contributed by atoms with van der Waals surface area (Å²) >= 11 is 5.73. The summed E-state index contributed by atoms with van der Waals surface area (Å²) in [6.45, 7) is 0.890. The highest BCUT2D eigenvalue weighted by molar-refractivity contribution is 6.30. The Bertz CT molecular complexity index is 268. The smallest absolute Gasteiger partial charge is 0.139 e. The number of aliphatic hydroxyl groups is 1. The molecule has 0 aromatic carbocycles. The molecule has 78 valence electrons. The van der Waals surface area contributed by atoms with Crippen LogP contribution in [-0.2, 0) is 0 Å². The van der Waals surface area contributed by atoms with Crippen molar-refractivity contribution in [3.63, 3.8) is 0 Å². The van der Waals surface area contributed by atoms with E-state index in [1.165, 1.54) is 0 Å². The van der Waals surface area contributed by atoms with Gasteiger partial charge in [-0.2, -0.15) is 0 Å². The van der Waals surface area contributed by atoms with Crippen LogP contribution < -0.4 is 4.74 Å². The minimum atomic E-state index is 0.249. The van der Waals surface area contributed by atoms with Gasteiger partial charge < -0.3 is 9.84 Å². The zero-order chi connectivity index (χ0) is 10.2. The monoisotopic (exact) mass is 215 g/mol. The maximum Gasteiger partial charge on any atom is 0.139 e. The van der Waals surface area contributed by atoms with Gasteiger partial charge in [0.05, 0.1) is 17.8 Å². The number of hydrogen-bond acceptors (Lipinski definition) is 3. The number of nitrogens with zero attached hydrogens (tertiary/aromatic N) is 1. The maximum absolute atomic E-state index is 8.55. The third-order valence-corrected chi connectivity index (χ3v) is 1.96. The molecule has 3 nitrogen and oxygen atoms in total. The highest BCUT2D eigenvalue weighted by Gasteiger charge is 1.95. The van der Waals surface area contributed by atoms with Gasteiger partial charge in [0, 0.05) is 18.9 Å². The summed E-state index contributed by atoms with van der Waals surface area (Å²) in [4.78, 5) is 3.90. The largest absolute Gasteiger partial charge is 0.492 e. The molecule has 1 N–H and O–H groups in total. The number of ether oxygens (including phenoxy) is 1. The fraction of sp³-hybridized carbons (Fsp3) is 0.500. The first-order valence-electron chi connectivity index (χ1n) is 4.67. The normalized spacial score (nSPS) is 10.1. The van der Waals surface area contributed by atoms with Crippen LogP contribution >= 0.6 is 11.6 Å². The third-order valence-electron chi connectivity index (χ3n) is 1.75. The van der Waals surface area contributed by atoms with Gasteiger partial charge in [0.2, 0.25) is 0 Å². The van der Waals surface area contributed by atoms with E-state index in [-0.39, 0.29) is 6.61 Å². The van der Waals surface area contributed by atoms with E-state index in [4.69, 9.17) is 21.4 Å². The van der Waals surface area contributed by atoms with E-state index in [1.807, 2.05) is 0 Å². The maximum atomic E-state index is 8.55. The second kappa shape index (κ2) is 6.62. The van der Waals surface area contributed by atoms with Crippen LogP contribution in [0.25, 0.3) is 0 Å². The Labute approximate surface area is 88.7 Å². The first-order chi connectivity index (χ1) is 6.83. The van der Waals surface area contributed by atoms with Crippen molar-refractivity contribution >= 4 is 11.6 Å². The lowest BCUT2D eigenvalue weighted by atomic mass is 10.2. The van der Waals surface area contributed by atoms with Crippen LogP contribution in [0.4, 0.5) is 0 Å². The fourth-order valence-corrected chi connectivity index (χ4v) is 1.22. The Hall–Kier alpha value is -0.800. The molecule has 0 aliphatic heterocycles. The van der Waals surface area contributed by atoms with E-state index in [0.717, 1.165) is 19.3 Å². The molecule has 0 bridgehead atoms. The fourth-order valence-electron chi connectivity index (χ4n) is 1.05. The molecule has 0 amide bonds. The van der Waals surface area contributed by atoms with Gasteiger partial charge in [0.25, 0.3) is 0 Å². The second-order valence-electron chi connectivity index (χ2n) is 2.97. The number of halogens is 1. The van der Waals surface area contributed by atoms with E-state index in [1.54, 1.807) is 18.5 Å². The van der Waals surface area contributed by atoms with Crippen molar-refractivity contribution in [1.82, 2.24) is 4.98 Å². The average Bonchev–Trinajstić information content (AvgIpc) is 2.18. The van der Waals surface area contributed by atoms with Crippen LogP contribution in [0.3, 0.4) is 0 Å². The summed E-state index contributed by atoms with van der Waals surface area (Å²) in [5.74, 6) is 0.696. The lowest BCUT2D eigenvalue weighted by molar-refractivity contribution is 0.266. The number of rotatable bonds is 6. The molecule has 1 rings (SSSR count). The zero-order valence-corrected chi connectivity index (χ0v) is 8.70. The van der Waals surface area contributed by atoms with Gasteiger partial charge in [-0.05, 0) is 19.3 Å². The van der Waals surface area contributed by atoms with Gasteiger partial charge >= 0.3 is 0 Å².